The minimum Gasteiger partial charge on any atom is -0.347 e. The van der Waals surface area contributed by atoms with E-state index in [1.807, 2.05) is 0 Å². The molecule has 0 aliphatic carbocycles. The summed E-state index contributed by atoms with van der Waals surface area (Å²) in [7, 11) is 0. The Kier molecular flexibility index (Phi) is 4.07. The van der Waals surface area contributed by atoms with Gasteiger partial charge in [-0.1, -0.05) is 39.8 Å². The summed E-state index contributed by atoms with van der Waals surface area (Å²) < 4.78 is 2.36. The molecule has 0 bridgehead atoms. The highest BCUT2D eigenvalue weighted by atomic mass is 15.0. The average Bonchev–Trinajstić information content (AvgIpc) is 2.69. The predicted molar refractivity (Wildman–Crippen MR) is 78.8 cm³/mol. The van der Waals surface area contributed by atoms with Gasteiger partial charge in [-0.05, 0) is 23.6 Å². The third-order valence-electron chi connectivity index (χ3n) is 3.17. The average molecular weight is 244 g/mol. The van der Waals surface area contributed by atoms with Crippen molar-refractivity contribution in [2.75, 3.05) is 0 Å². The van der Waals surface area contributed by atoms with Gasteiger partial charge >= 0.3 is 0 Å². The fraction of sp³-hybridized carbons (Fsp3) is 0.500. The van der Waals surface area contributed by atoms with Gasteiger partial charge < -0.3 is 9.88 Å². The van der Waals surface area contributed by atoms with Crippen LogP contribution < -0.4 is 5.32 Å². The molecule has 2 heteroatoms. The van der Waals surface area contributed by atoms with Crippen LogP contribution in [0.5, 0.6) is 0 Å². The van der Waals surface area contributed by atoms with Crippen molar-refractivity contribution >= 4 is 10.9 Å². The van der Waals surface area contributed by atoms with E-state index < -0.39 is 0 Å². The first kappa shape index (κ1) is 13.2. The number of nitrogens with one attached hydrogen (secondary N) is 1. The van der Waals surface area contributed by atoms with E-state index in [1.54, 1.807) is 0 Å². The summed E-state index contributed by atoms with van der Waals surface area (Å²) >= 11 is 0. The van der Waals surface area contributed by atoms with Crippen LogP contribution in [0.25, 0.3) is 10.9 Å². The first-order chi connectivity index (χ1) is 8.58. The Hall–Kier alpha value is -1.28. The number of hydrogen-bond donors (Lipinski definition) is 1. The van der Waals surface area contributed by atoms with Crippen molar-refractivity contribution in [1.82, 2.24) is 9.88 Å². The van der Waals surface area contributed by atoms with Gasteiger partial charge in [0.15, 0.2) is 0 Å². The maximum atomic E-state index is 3.49. The van der Waals surface area contributed by atoms with E-state index in [9.17, 15) is 0 Å². The lowest BCUT2D eigenvalue weighted by Gasteiger charge is -2.11. The smallest absolute Gasteiger partial charge is 0.0483 e. The summed E-state index contributed by atoms with van der Waals surface area (Å²) in [6.45, 7) is 10.9. The zero-order valence-electron chi connectivity index (χ0n) is 11.9. The van der Waals surface area contributed by atoms with E-state index in [0.29, 0.717) is 12.0 Å². The van der Waals surface area contributed by atoms with Gasteiger partial charge in [-0.25, -0.2) is 0 Å². The van der Waals surface area contributed by atoms with Crippen molar-refractivity contribution in [2.24, 2.45) is 5.92 Å². The Labute approximate surface area is 110 Å². The second-order valence-electron chi connectivity index (χ2n) is 5.75. The van der Waals surface area contributed by atoms with Crippen LogP contribution in [-0.2, 0) is 13.1 Å². The largest absolute Gasteiger partial charge is 0.347 e. The van der Waals surface area contributed by atoms with Crippen LogP contribution in [0.3, 0.4) is 0 Å². The molecule has 0 radical (unpaired) electrons. The highest BCUT2D eigenvalue weighted by Crippen LogP contribution is 2.21. The molecule has 2 nitrogen and oxygen atoms in total. The third kappa shape index (κ3) is 2.94. The lowest BCUT2D eigenvalue weighted by molar-refractivity contribution is 0.535. The summed E-state index contributed by atoms with van der Waals surface area (Å²) in [5, 5.41) is 4.88. The van der Waals surface area contributed by atoms with E-state index in [1.165, 1.54) is 16.5 Å². The third-order valence-corrected chi connectivity index (χ3v) is 3.17. The van der Waals surface area contributed by atoms with Crippen LogP contribution in [0.15, 0.2) is 30.5 Å². The van der Waals surface area contributed by atoms with Crippen LogP contribution in [0.2, 0.25) is 0 Å². The minimum atomic E-state index is 0.526. The number of rotatable bonds is 5. The Bertz CT molecular complexity index is 509. The maximum absolute atomic E-state index is 3.49. The van der Waals surface area contributed by atoms with E-state index in [-0.39, 0.29) is 0 Å². The normalized spacial score (nSPS) is 11.9. The summed E-state index contributed by atoms with van der Waals surface area (Å²) in [6, 6.07) is 9.37. The molecule has 2 aromatic rings. The number of hydrogen-bond acceptors (Lipinski definition) is 1. The Morgan fingerprint density at radius 3 is 2.56 bits per heavy atom. The molecule has 1 N–H and O–H groups in total. The van der Waals surface area contributed by atoms with Crippen LogP contribution >= 0.6 is 0 Å². The molecule has 1 aromatic carbocycles. The van der Waals surface area contributed by atoms with Crippen LogP contribution in [0, 0.1) is 5.92 Å². The highest BCUT2D eigenvalue weighted by molar-refractivity contribution is 5.83. The molecule has 0 aliphatic heterocycles. The molecule has 2 rings (SSSR count). The first-order valence-corrected chi connectivity index (χ1v) is 6.88. The number of nitrogens with zero attached hydrogens (tertiary/aromatic N) is 1. The van der Waals surface area contributed by atoms with Crippen LogP contribution in [0.4, 0.5) is 0 Å². The van der Waals surface area contributed by atoms with Gasteiger partial charge in [-0.2, -0.15) is 0 Å². The Balaban J connectivity index is 2.30. The number of aromatic nitrogens is 1. The first-order valence-electron chi connectivity index (χ1n) is 6.88. The fourth-order valence-corrected chi connectivity index (χ4v) is 2.31. The molecule has 0 atom stereocenters. The lowest BCUT2D eigenvalue weighted by atomic mass is 10.1. The second-order valence-corrected chi connectivity index (χ2v) is 5.75. The second kappa shape index (κ2) is 5.57. The molecule has 0 spiro atoms. The quantitative estimate of drug-likeness (QED) is 0.846. The molecule has 1 heterocycles. The van der Waals surface area contributed by atoms with Crippen LogP contribution in [-0.4, -0.2) is 10.6 Å². The molecule has 0 amide bonds. The van der Waals surface area contributed by atoms with Gasteiger partial charge in [-0.3, -0.25) is 0 Å². The molecule has 18 heavy (non-hydrogen) atoms. The summed E-state index contributed by atoms with van der Waals surface area (Å²) in [5.74, 6) is 0.679. The number of fused-ring (bicyclic) bond motifs is 1. The van der Waals surface area contributed by atoms with E-state index >= 15 is 0 Å². The van der Waals surface area contributed by atoms with Gasteiger partial charge in [0.25, 0.3) is 0 Å². The molecule has 0 aliphatic rings. The molecule has 0 saturated carbocycles. The van der Waals surface area contributed by atoms with Gasteiger partial charge in [0.1, 0.15) is 0 Å². The van der Waals surface area contributed by atoms with Gasteiger partial charge in [-0.15, -0.1) is 0 Å². The van der Waals surface area contributed by atoms with Crippen molar-refractivity contribution < 1.29 is 0 Å². The molecule has 1 aromatic heterocycles. The maximum Gasteiger partial charge on any atom is 0.0483 e. The molecule has 0 unspecified atom stereocenters. The SMILES string of the molecule is CC(C)Cn1ccc2c(CNC(C)C)cccc21. The molecular weight excluding hydrogens is 220 g/mol. The fourth-order valence-electron chi connectivity index (χ4n) is 2.31. The van der Waals surface area contributed by atoms with E-state index in [4.69, 9.17) is 0 Å². The van der Waals surface area contributed by atoms with Gasteiger partial charge in [0, 0.05) is 36.2 Å². The Morgan fingerprint density at radius 1 is 1.11 bits per heavy atom. The number of benzene rings is 1. The summed E-state index contributed by atoms with van der Waals surface area (Å²) in [6.07, 6.45) is 2.21. The van der Waals surface area contributed by atoms with E-state index in [0.717, 1.165) is 13.1 Å². The van der Waals surface area contributed by atoms with Crippen molar-refractivity contribution in [3.8, 4) is 0 Å². The van der Waals surface area contributed by atoms with E-state index in [2.05, 4.69) is 68.0 Å². The van der Waals surface area contributed by atoms with Crippen LogP contribution in [0.1, 0.15) is 33.3 Å². The van der Waals surface area contributed by atoms with Crippen molar-refractivity contribution in [3.63, 3.8) is 0 Å². The van der Waals surface area contributed by atoms with Gasteiger partial charge in [0.2, 0.25) is 0 Å². The lowest BCUT2D eigenvalue weighted by Crippen LogP contribution is -2.21. The zero-order chi connectivity index (χ0) is 13.1. The molecule has 0 fully saturated rings. The van der Waals surface area contributed by atoms with Gasteiger partial charge in [0.05, 0.1) is 0 Å². The van der Waals surface area contributed by atoms with Crippen molar-refractivity contribution in [2.45, 2.75) is 46.8 Å². The minimum absolute atomic E-state index is 0.526. The summed E-state index contributed by atoms with van der Waals surface area (Å²) in [4.78, 5) is 0. The standard InChI is InChI=1S/C16H24N2/c1-12(2)11-18-9-8-15-14(10-17-13(3)4)6-5-7-16(15)18/h5-9,12-13,17H,10-11H2,1-4H3. The topological polar surface area (TPSA) is 17.0 Å². The highest BCUT2D eigenvalue weighted by Gasteiger charge is 2.06. The predicted octanol–water partition coefficient (Wildman–Crippen LogP) is 3.80. The zero-order valence-corrected chi connectivity index (χ0v) is 11.9. The molecule has 98 valence electrons. The summed E-state index contributed by atoms with van der Waals surface area (Å²) in [5.41, 5.74) is 2.75. The van der Waals surface area contributed by atoms with Crippen molar-refractivity contribution in [1.29, 1.82) is 0 Å². The van der Waals surface area contributed by atoms with Crippen molar-refractivity contribution in [3.05, 3.63) is 36.0 Å². The molecule has 0 saturated heterocycles. The monoisotopic (exact) mass is 244 g/mol. The molecular formula is C16H24N2. The Morgan fingerprint density at radius 2 is 1.89 bits per heavy atom.